The highest BCUT2D eigenvalue weighted by Gasteiger charge is 2.38. The van der Waals surface area contributed by atoms with Crippen LogP contribution in [0.5, 0.6) is 0 Å². The van der Waals surface area contributed by atoms with E-state index in [1.807, 2.05) is 0 Å². The highest BCUT2D eigenvalue weighted by atomic mass is 79.9. The lowest BCUT2D eigenvalue weighted by atomic mass is 10.2. The van der Waals surface area contributed by atoms with Gasteiger partial charge in [0.15, 0.2) is 24.4 Å². The van der Waals surface area contributed by atoms with Gasteiger partial charge >= 0.3 is 23.9 Å². The lowest BCUT2D eigenvalue weighted by Crippen LogP contribution is -2.45. The molecule has 43 heavy (non-hydrogen) atoms. The van der Waals surface area contributed by atoms with E-state index in [0.29, 0.717) is 21.2 Å². The highest BCUT2D eigenvalue weighted by molar-refractivity contribution is 9.10. The number of aliphatic imine (C=N–C) groups is 1. The molecule has 4 atom stereocenters. The molecule has 2 aromatic rings. The Morgan fingerprint density at radius 2 is 1.28 bits per heavy atom. The van der Waals surface area contributed by atoms with Gasteiger partial charge in [-0.2, -0.15) is 0 Å². The summed E-state index contributed by atoms with van der Waals surface area (Å²) in [6.07, 6.45) is -2.44. The van der Waals surface area contributed by atoms with Gasteiger partial charge in [0.2, 0.25) is 11.9 Å². The van der Waals surface area contributed by atoms with E-state index in [1.54, 1.807) is 18.3 Å². The largest absolute Gasteiger partial charge is 0.451 e. The molecule has 0 aliphatic carbocycles. The molecule has 0 spiro atoms. The molecule has 4 unspecified atom stereocenters. The number of amides is 2. The van der Waals surface area contributed by atoms with Crippen LogP contribution in [0.25, 0.3) is 11.0 Å². The Balaban J connectivity index is 1.68. The Labute approximate surface area is 254 Å². The highest BCUT2D eigenvalue weighted by Crippen LogP contribution is 2.32. The molecule has 1 saturated heterocycles. The predicted molar refractivity (Wildman–Crippen MR) is 151 cm³/mol. The molecule has 0 radical (unpaired) electrons. The summed E-state index contributed by atoms with van der Waals surface area (Å²) in [7, 11) is 0. The molecule has 1 aliphatic rings. The van der Waals surface area contributed by atoms with Crippen molar-refractivity contribution in [3.63, 3.8) is 0 Å². The number of nitrogens with zero attached hydrogens (tertiary/aromatic N) is 5. The van der Waals surface area contributed by atoms with Crippen molar-refractivity contribution in [2.45, 2.75) is 66.0 Å². The maximum Gasteiger partial charge on any atom is 0.347 e. The van der Waals surface area contributed by atoms with Crippen LogP contribution in [0.4, 0.5) is 5.69 Å². The van der Waals surface area contributed by atoms with E-state index in [0.717, 1.165) is 6.92 Å². The molecule has 1 aromatic heterocycles. The van der Waals surface area contributed by atoms with Gasteiger partial charge in [-0.1, -0.05) is 0 Å². The number of ether oxygens (including phenoxy) is 4. The first-order valence-corrected chi connectivity index (χ1v) is 13.9. The second-order valence-corrected chi connectivity index (χ2v) is 10.2. The first-order valence-electron chi connectivity index (χ1n) is 13.1. The van der Waals surface area contributed by atoms with E-state index >= 15 is 0 Å². The Hall–Kier alpha value is -4.47. The van der Waals surface area contributed by atoms with Crippen LogP contribution in [-0.4, -0.2) is 98.9 Å². The number of guanidine groups is 1. The zero-order valence-electron chi connectivity index (χ0n) is 24.2. The number of esters is 4. The third-order valence-electron chi connectivity index (χ3n) is 6.02. The smallest absolute Gasteiger partial charge is 0.347 e. The van der Waals surface area contributed by atoms with Gasteiger partial charge in [0.25, 0.3) is 5.91 Å². The topological polar surface area (TPSA) is 184 Å². The van der Waals surface area contributed by atoms with Gasteiger partial charge in [0, 0.05) is 39.3 Å². The first-order chi connectivity index (χ1) is 20.2. The zero-order valence-corrected chi connectivity index (χ0v) is 25.8. The molecule has 1 aliphatic heterocycles. The fourth-order valence-corrected chi connectivity index (χ4v) is 4.36. The van der Waals surface area contributed by atoms with Gasteiger partial charge in [0.05, 0.1) is 15.7 Å². The van der Waals surface area contributed by atoms with Gasteiger partial charge in [-0.15, -0.1) is 0 Å². The Kier molecular flexibility index (Phi) is 10.9. The normalized spacial score (nSPS) is 16.7. The van der Waals surface area contributed by atoms with Crippen LogP contribution in [-0.2, 0) is 47.7 Å². The van der Waals surface area contributed by atoms with Crippen LogP contribution >= 0.6 is 15.9 Å². The van der Waals surface area contributed by atoms with Crippen molar-refractivity contribution in [3.8, 4) is 0 Å². The number of rotatable bonds is 9. The fraction of sp³-hybridized carbons (Fsp3) is 0.444. The summed E-state index contributed by atoms with van der Waals surface area (Å²) in [5.41, 5.74) is 1.53. The molecule has 1 fully saturated rings. The van der Waals surface area contributed by atoms with Crippen molar-refractivity contribution >= 4 is 74.3 Å². The minimum atomic E-state index is -1.47. The molecule has 1 aromatic carbocycles. The number of carbonyl (C=O) groups excluding carboxylic acids is 6. The number of carbonyl (C=O) groups is 6. The molecule has 2 heterocycles. The molecular formula is C27H30BrN5O10. The average Bonchev–Trinajstić information content (AvgIpc) is 3.37. The monoisotopic (exact) mass is 663 g/mol. The number of hydrogen-bond acceptors (Lipinski definition) is 13. The summed E-state index contributed by atoms with van der Waals surface area (Å²) >= 11 is 3.47. The third kappa shape index (κ3) is 8.09. The third-order valence-corrected chi connectivity index (χ3v) is 6.80. The molecule has 15 nitrogen and oxygen atoms in total. The quantitative estimate of drug-likeness (QED) is 0.280. The van der Waals surface area contributed by atoms with Gasteiger partial charge < -0.3 is 18.9 Å². The predicted octanol–water partition coefficient (Wildman–Crippen LogP) is 1.82. The Bertz CT molecular complexity index is 1480. The number of hydrogen-bond donors (Lipinski definition) is 0. The summed E-state index contributed by atoms with van der Waals surface area (Å²) in [5, 5.41) is 0. The minimum Gasteiger partial charge on any atom is -0.451 e. The minimum absolute atomic E-state index is 0.0300. The molecule has 2 amide bonds. The molecular weight excluding hydrogens is 634 g/mol. The van der Waals surface area contributed by atoms with Crippen molar-refractivity contribution in [2.24, 2.45) is 4.99 Å². The summed E-state index contributed by atoms with van der Waals surface area (Å²) in [4.78, 5) is 89.2. The van der Waals surface area contributed by atoms with Crippen LogP contribution in [0, 0.1) is 0 Å². The molecule has 0 N–H and O–H groups in total. The number of benzene rings is 1. The van der Waals surface area contributed by atoms with E-state index < -0.39 is 54.2 Å². The maximum atomic E-state index is 13.4. The van der Waals surface area contributed by atoms with Crippen LogP contribution in [0.15, 0.2) is 34.0 Å². The molecule has 0 saturated carbocycles. The van der Waals surface area contributed by atoms with Gasteiger partial charge in [0.1, 0.15) is 5.52 Å². The Morgan fingerprint density at radius 3 is 1.84 bits per heavy atom. The van der Waals surface area contributed by atoms with E-state index in [9.17, 15) is 28.8 Å². The summed E-state index contributed by atoms with van der Waals surface area (Å²) in [6.45, 7) is 7.70. The average molecular weight is 664 g/mol. The lowest BCUT2D eigenvalue weighted by molar-refractivity contribution is -0.183. The Morgan fingerprint density at radius 1 is 0.767 bits per heavy atom. The van der Waals surface area contributed by atoms with Crippen molar-refractivity contribution in [2.75, 3.05) is 13.1 Å². The van der Waals surface area contributed by atoms with E-state index in [1.165, 1.54) is 50.6 Å². The second-order valence-electron chi connectivity index (χ2n) is 9.38. The lowest BCUT2D eigenvalue weighted by Gasteiger charge is -2.24. The van der Waals surface area contributed by atoms with Gasteiger partial charge in [-0.25, -0.2) is 19.4 Å². The molecule has 3 rings (SSSR count). The zero-order chi connectivity index (χ0) is 32.0. The maximum absolute atomic E-state index is 13.4. The van der Waals surface area contributed by atoms with Crippen molar-refractivity contribution in [3.05, 3.63) is 29.0 Å². The van der Waals surface area contributed by atoms with Crippen LogP contribution in [0.2, 0.25) is 0 Å². The van der Waals surface area contributed by atoms with Crippen molar-refractivity contribution in [1.82, 2.24) is 19.8 Å². The molecule has 16 heteroatoms. The number of fused-ring (bicyclic) bond motifs is 1. The fourth-order valence-electron chi connectivity index (χ4n) is 3.83. The number of halogens is 1. The van der Waals surface area contributed by atoms with Crippen LogP contribution in [0.3, 0.4) is 0 Å². The second kappa shape index (κ2) is 14.1. The molecule has 230 valence electrons. The van der Waals surface area contributed by atoms with Crippen molar-refractivity contribution in [1.29, 1.82) is 0 Å². The van der Waals surface area contributed by atoms with E-state index in [2.05, 4.69) is 30.9 Å². The summed E-state index contributed by atoms with van der Waals surface area (Å²) in [5.74, 6) is -4.80. The standard InChI is InChI=1S/C27H30BrN5O10/c1-13(41-25(38)15(3)43-26(39)16(4)42-24(37)14(2)40-18(6)35)23(36)33-12-11-32(17(5)34)27(33)31-19-7-8-20-22(21(19)28)30-10-9-29-20/h7-10,13-16H,11-12H2,1-6H3/b31-27+. The molecule has 0 bridgehead atoms. The number of aromatic nitrogens is 2. The summed E-state index contributed by atoms with van der Waals surface area (Å²) in [6, 6.07) is 3.35. The van der Waals surface area contributed by atoms with Crippen molar-refractivity contribution < 1.29 is 47.7 Å². The first kappa shape index (κ1) is 33.0. The van der Waals surface area contributed by atoms with E-state index in [4.69, 9.17) is 18.9 Å². The van der Waals surface area contributed by atoms with Crippen LogP contribution in [0.1, 0.15) is 41.5 Å². The summed E-state index contributed by atoms with van der Waals surface area (Å²) < 4.78 is 20.4. The SMILES string of the molecule is CC(=O)OC(C)C(=O)OC(C)C(=O)OC(C)C(=O)OC(C)C(=O)N1CCN(C(C)=O)/C1=N\c1ccc2nccnc2c1Br. The van der Waals surface area contributed by atoms with E-state index in [-0.39, 0.29) is 25.0 Å². The van der Waals surface area contributed by atoms with Gasteiger partial charge in [-0.3, -0.25) is 34.2 Å². The van der Waals surface area contributed by atoms with Gasteiger partial charge in [-0.05, 0) is 55.8 Å². The van der Waals surface area contributed by atoms with Crippen LogP contribution < -0.4 is 0 Å².